The smallest absolute Gasteiger partial charge is 0.244 e. The Hall–Kier alpha value is -3.55. The van der Waals surface area contributed by atoms with Gasteiger partial charge < -0.3 is 10.6 Å². The molecule has 27 heavy (non-hydrogen) atoms. The third kappa shape index (κ3) is 5.21. The van der Waals surface area contributed by atoms with Crippen molar-refractivity contribution in [3.63, 3.8) is 0 Å². The number of anilines is 1. The third-order valence-electron chi connectivity index (χ3n) is 3.66. The summed E-state index contributed by atoms with van der Waals surface area (Å²) in [5, 5.41) is 18.2. The molecular weight excluding hydrogens is 347 g/mol. The van der Waals surface area contributed by atoms with Gasteiger partial charge in [0, 0.05) is 30.9 Å². The molecule has 8 heteroatoms. The van der Waals surface area contributed by atoms with Crippen LogP contribution < -0.4 is 10.6 Å². The number of carbonyl (C=O) groups is 1. The van der Waals surface area contributed by atoms with E-state index in [4.69, 9.17) is 0 Å². The minimum absolute atomic E-state index is 0.296. The lowest BCUT2D eigenvalue weighted by atomic mass is 10.2. The van der Waals surface area contributed by atoms with Crippen LogP contribution in [-0.4, -0.2) is 39.0 Å². The lowest BCUT2D eigenvalue weighted by Gasteiger charge is -2.06. The molecule has 0 fully saturated rings. The minimum Gasteiger partial charge on any atom is -0.367 e. The first-order valence-corrected chi connectivity index (χ1v) is 8.42. The number of aryl methyl sites for hydroxylation is 1. The SMILES string of the molecule is Cc1ccn(-c2ccc(NCCNC(=O)/C=C/c3ccccc3F)nn2)n1. The molecular formula is C19H19FN6O. The fraction of sp³-hybridized carbons (Fsp3) is 0.158. The van der Waals surface area contributed by atoms with E-state index < -0.39 is 0 Å². The van der Waals surface area contributed by atoms with E-state index >= 15 is 0 Å². The third-order valence-corrected chi connectivity index (χ3v) is 3.66. The Kier molecular flexibility index (Phi) is 5.88. The minimum atomic E-state index is -0.365. The second-order valence-corrected chi connectivity index (χ2v) is 5.75. The van der Waals surface area contributed by atoms with Crippen LogP contribution >= 0.6 is 0 Å². The Labute approximate surface area is 155 Å². The maximum atomic E-state index is 13.5. The van der Waals surface area contributed by atoms with Gasteiger partial charge in [-0.25, -0.2) is 9.07 Å². The molecule has 0 aliphatic rings. The average Bonchev–Trinajstić information content (AvgIpc) is 3.11. The highest BCUT2D eigenvalue weighted by molar-refractivity contribution is 5.91. The van der Waals surface area contributed by atoms with E-state index in [9.17, 15) is 9.18 Å². The molecule has 0 aliphatic carbocycles. The van der Waals surface area contributed by atoms with Gasteiger partial charge in [-0.2, -0.15) is 5.10 Å². The molecule has 0 saturated heterocycles. The van der Waals surface area contributed by atoms with E-state index in [1.54, 1.807) is 35.0 Å². The Morgan fingerprint density at radius 1 is 1.15 bits per heavy atom. The van der Waals surface area contributed by atoms with E-state index in [1.807, 2.05) is 19.2 Å². The van der Waals surface area contributed by atoms with Crippen molar-refractivity contribution < 1.29 is 9.18 Å². The van der Waals surface area contributed by atoms with Crippen molar-refractivity contribution >= 4 is 17.8 Å². The van der Waals surface area contributed by atoms with Gasteiger partial charge in [0.25, 0.3) is 0 Å². The number of rotatable bonds is 7. The first kappa shape index (κ1) is 18.2. The van der Waals surface area contributed by atoms with E-state index in [2.05, 4.69) is 25.9 Å². The first-order valence-electron chi connectivity index (χ1n) is 8.42. The van der Waals surface area contributed by atoms with Crippen LogP contribution in [0, 0.1) is 12.7 Å². The maximum absolute atomic E-state index is 13.5. The summed E-state index contributed by atoms with van der Waals surface area (Å²) >= 11 is 0. The average molecular weight is 366 g/mol. The molecule has 2 N–H and O–H groups in total. The number of halogens is 1. The monoisotopic (exact) mass is 366 g/mol. The zero-order chi connectivity index (χ0) is 19.1. The van der Waals surface area contributed by atoms with Crippen molar-refractivity contribution in [3.05, 3.63) is 71.8 Å². The molecule has 7 nitrogen and oxygen atoms in total. The van der Waals surface area contributed by atoms with Crippen molar-refractivity contribution in [1.82, 2.24) is 25.3 Å². The van der Waals surface area contributed by atoms with Gasteiger partial charge in [-0.3, -0.25) is 4.79 Å². The second-order valence-electron chi connectivity index (χ2n) is 5.75. The number of amides is 1. The standard InChI is InChI=1S/C19H19FN6O/c1-14-10-13-26(25-14)18-8-7-17(23-24-18)21-11-12-22-19(27)9-6-15-4-2-3-5-16(15)20/h2-10,13H,11-12H2,1H3,(H,21,23)(H,22,27)/b9-6+. The van der Waals surface area contributed by atoms with Crippen molar-refractivity contribution in [2.24, 2.45) is 0 Å². The summed E-state index contributed by atoms with van der Waals surface area (Å²) in [5.74, 6) is 0.560. The highest BCUT2D eigenvalue weighted by Gasteiger charge is 2.02. The molecule has 0 unspecified atom stereocenters. The quantitative estimate of drug-likeness (QED) is 0.495. The second kappa shape index (κ2) is 8.70. The number of hydrogen-bond acceptors (Lipinski definition) is 5. The van der Waals surface area contributed by atoms with Crippen LogP contribution in [0.2, 0.25) is 0 Å². The molecule has 2 aromatic heterocycles. The molecule has 3 aromatic rings. The Bertz CT molecular complexity index is 935. The van der Waals surface area contributed by atoms with Crippen LogP contribution in [0.5, 0.6) is 0 Å². The number of aromatic nitrogens is 4. The number of nitrogens with one attached hydrogen (secondary N) is 2. The fourth-order valence-corrected chi connectivity index (χ4v) is 2.30. The molecule has 0 atom stereocenters. The van der Waals surface area contributed by atoms with Crippen LogP contribution in [0.1, 0.15) is 11.3 Å². The Morgan fingerprint density at radius 3 is 2.70 bits per heavy atom. The summed E-state index contributed by atoms with van der Waals surface area (Å²) < 4.78 is 15.1. The summed E-state index contributed by atoms with van der Waals surface area (Å²) in [7, 11) is 0. The molecule has 2 heterocycles. The largest absolute Gasteiger partial charge is 0.367 e. The molecule has 0 aliphatic heterocycles. The van der Waals surface area contributed by atoms with Gasteiger partial charge in [-0.1, -0.05) is 18.2 Å². The molecule has 0 bridgehead atoms. The predicted molar refractivity (Wildman–Crippen MR) is 101 cm³/mol. The van der Waals surface area contributed by atoms with Crippen LogP contribution in [-0.2, 0) is 4.79 Å². The number of carbonyl (C=O) groups excluding carboxylic acids is 1. The van der Waals surface area contributed by atoms with Gasteiger partial charge in [-0.05, 0) is 37.3 Å². The Balaban J connectivity index is 1.42. The van der Waals surface area contributed by atoms with Gasteiger partial charge in [0.15, 0.2) is 5.82 Å². The van der Waals surface area contributed by atoms with Crippen molar-refractivity contribution in [2.45, 2.75) is 6.92 Å². The summed E-state index contributed by atoms with van der Waals surface area (Å²) in [6.07, 6.45) is 4.56. The van der Waals surface area contributed by atoms with Gasteiger partial charge >= 0.3 is 0 Å². The zero-order valence-corrected chi connectivity index (χ0v) is 14.8. The number of benzene rings is 1. The van der Waals surface area contributed by atoms with Gasteiger partial charge in [0.1, 0.15) is 11.6 Å². The molecule has 1 aromatic carbocycles. The Morgan fingerprint density at radius 2 is 2.00 bits per heavy atom. The van der Waals surface area contributed by atoms with E-state index in [0.29, 0.717) is 30.3 Å². The normalized spacial score (nSPS) is 10.9. The first-order chi connectivity index (χ1) is 13.1. The molecule has 0 spiro atoms. The molecule has 0 saturated carbocycles. The van der Waals surface area contributed by atoms with Crippen molar-refractivity contribution in [2.75, 3.05) is 18.4 Å². The summed E-state index contributed by atoms with van der Waals surface area (Å²) in [4.78, 5) is 11.8. The van der Waals surface area contributed by atoms with E-state index in [0.717, 1.165) is 5.69 Å². The van der Waals surface area contributed by atoms with Crippen LogP contribution in [0.4, 0.5) is 10.2 Å². The molecule has 0 radical (unpaired) electrons. The molecule has 1 amide bonds. The number of nitrogens with zero attached hydrogens (tertiary/aromatic N) is 4. The van der Waals surface area contributed by atoms with Gasteiger partial charge in [0.05, 0.1) is 5.69 Å². The molecule has 138 valence electrons. The zero-order valence-electron chi connectivity index (χ0n) is 14.8. The lowest BCUT2D eigenvalue weighted by molar-refractivity contribution is -0.116. The summed E-state index contributed by atoms with van der Waals surface area (Å²) in [6, 6.07) is 11.7. The van der Waals surface area contributed by atoms with Crippen molar-refractivity contribution in [3.8, 4) is 5.82 Å². The van der Waals surface area contributed by atoms with Crippen LogP contribution in [0.15, 0.2) is 54.7 Å². The summed E-state index contributed by atoms with van der Waals surface area (Å²) in [6.45, 7) is 2.77. The van der Waals surface area contributed by atoms with Crippen molar-refractivity contribution in [1.29, 1.82) is 0 Å². The van der Waals surface area contributed by atoms with E-state index in [1.165, 1.54) is 18.2 Å². The fourth-order valence-electron chi connectivity index (χ4n) is 2.30. The topological polar surface area (TPSA) is 84.7 Å². The maximum Gasteiger partial charge on any atom is 0.244 e. The van der Waals surface area contributed by atoms with Gasteiger partial charge in [0.2, 0.25) is 5.91 Å². The highest BCUT2D eigenvalue weighted by atomic mass is 19.1. The van der Waals surface area contributed by atoms with Gasteiger partial charge in [-0.15, -0.1) is 10.2 Å². The number of hydrogen-bond donors (Lipinski definition) is 2. The highest BCUT2D eigenvalue weighted by Crippen LogP contribution is 2.08. The molecule has 3 rings (SSSR count). The summed E-state index contributed by atoms with van der Waals surface area (Å²) in [5.41, 5.74) is 1.27. The van der Waals surface area contributed by atoms with E-state index in [-0.39, 0.29) is 11.7 Å². The van der Waals surface area contributed by atoms with Crippen LogP contribution in [0.3, 0.4) is 0 Å². The predicted octanol–water partition coefficient (Wildman–Crippen LogP) is 2.35. The lowest BCUT2D eigenvalue weighted by Crippen LogP contribution is -2.27. The van der Waals surface area contributed by atoms with Crippen LogP contribution in [0.25, 0.3) is 11.9 Å².